The van der Waals surface area contributed by atoms with Gasteiger partial charge in [-0.2, -0.15) is 0 Å². The third-order valence-electron chi connectivity index (χ3n) is 4.65. The van der Waals surface area contributed by atoms with Crippen LogP contribution >= 0.6 is 0 Å². The molecule has 2 aromatic carbocycles. The Kier molecular flexibility index (Phi) is 2.46. The number of nitrogens with zero attached hydrogens (tertiary/aromatic N) is 1. The molecule has 0 bridgehead atoms. The molecule has 2 aromatic rings. The average Bonchev–Trinajstić information content (AvgIpc) is 2.47. The Hall–Kier alpha value is -2.09. The van der Waals surface area contributed by atoms with E-state index >= 15 is 0 Å². The van der Waals surface area contributed by atoms with Crippen LogP contribution in [0.1, 0.15) is 29.7 Å². The normalized spacial score (nSPS) is 19.2. The molecule has 0 N–H and O–H groups in total. The zero-order valence-electron chi connectivity index (χ0n) is 11.6. The molecule has 2 nitrogen and oxygen atoms in total. The maximum Gasteiger partial charge on any atom is 0.219 e. The summed E-state index contributed by atoms with van der Waals surface area (Å²) in [7, 11) is 0. The minimum Gasteiger partial charge on any atom is -0.335 e. The van der Waals surface area contributed by atoms with E-state index in [9.17, 15) is 4.79 Å². The van der Waals surface area contributed by atoms with Crippen molar-refractivity contribution in [3.63, 3.8) is 0 Å². The molecule has 2 heteroatoms. The van der Waals surface area contributed by atoms with Crippen LogP contribution in [0, 0.1) is 0 Å². The Bertz CT molecular complexity index is 704. The van der Waals surface area contributed by atoms with Crippen molar-refractivity contribution in [3.8, 4) is 11.1 Å². The third-order valence-corrected chi connectivity index (χ3v) is 4.65. The summed E-state index contributed by atoms with van der Waals surface area (Å²) in [6, 6.07) is 15.4. The minimum absolute atomic E-state index is 0.190. The Labute approximate surface area is 119 Å². The van der Waals surface area contributed by atoms with E-state index in [1.807, 2.05) is 4.90 Å². The van der Waals surface area contributed by atoms with Crippen LogP contribution in [0.25, 0.3) is 11.1 Å². The highest BCUT2D eigenvalue weighted by Crippen LogP contribution is 2.44. The Balaban J connectivity index is 1.97. The molecule has 1 amide bonds. The van der Waals surface area contributed by atoms with E-state index in [1.165, 1.54) is 27.8 Å². The molecule has 20 heavy (non-hydrogen) atoms. The van der Waals surface area contributed by atoms with Gasteiger partial charge in [-0.25, -0.2) is 0 Å². The number of carbonyl (C=O) groups is 1. The third kappa shape index (κ3) is 1.54. The first-order valence-corrected chi connectivity index (χ1v) is 7.23. The number of hydrogen-bond donors (Lipinski definition) is 0. The quantitative estimate of drug-likeness (QED) is 0.713. The lowest BCUT2D eigenvalue weighted by Gasteiger charge is -2.41. The number of carbonyl (C=O) groups excluding carboxylic acids is 1. The van der Waals surface area contributed by atoms with Crippen molar-refractivity contribution < 1.29 is 4.79 Å². The van der Waals surface area contributed by atoms with Crippen molar-refractivity contribution in [2.24, 2.45) is 0 Å². The molecule has 0 saturated heterocycles. The monoisotopic (exact) mass is 263 g/mol. The van der Waals surface area contributed by atoms with Crippen LogP contribution in [0.2, 0.25) is 0 Å². The molecule has 100 valence electrons. The van der Waals surface area contributed by atoms with Gasteiger partial charge in [-0.15, -0.1) is 0 Å². The molecule has 1 aliphatic carbocycles. The van der Waals surface area contributed by atoms with Crippen LogP contribution in [0.4, 0.5) is 0 Å². The molecule has 2 aliphatic rings. The second-order valence-corrected chi connectivity index (χ2v) is 5.72. The molecular weight excluding hydrogens is 246 g/mol. The van der Waals surface area contributed by atoms with E-state index in [0.717, 1.165) is 19.4 Å². The minimum atomic E-state index is 0.190. The van der Waals surface area contributed by atoms with Gasteiger partial charge in [0.1, 0.15) is 0 Å². The van der Waals surface area contributed by atoms with Gasteiger partial charge in [-0.1, -0.05) is 42.5 Å². The van der Waals surface area contributed by atoms with Crippen molar-refractivity contribution in [1.82, 2.24) is 4.90 Å². The maximum atomic E-state index is 12.0. The zero-order chi connectivity index (χ0) is 13.7. The van der Waals surface area contributed by atoms with Gasteiger partial charge >= 0.3 is 0 Å². The molecule has 0 aromatic heterocycles. The predicted molar refractivity (Wildman–Crippen MR) is 79.4 cm³/mol. The number of amides is 1. The van der Waals surface area contributed by atoms with Crippen molar-refractivity contribution >= 4 is 5.91 Å². The van der Waals surface area contributed by atoms with Gasteiger partial charge in [-0.3, -0.25) is 4.79 Å². The van der Waals surface area contributed by atoms with Crippen molar-refractivity contribution in [1.29, 1.82) is 0 Å². The number of rotatable bonds is 0. The average molecular weight is 263 g/mol. The van der Waals surface area contributed by atoms with Gasteiger partial charge in [0.05, 0.1) is 6.04 Å². The highest BCUT2D eigenvalue weighted by molar-refractivity contribution is 5.79. The molecule has 1 heterocycles. The van der Waals surface area contributed by atoms with E-state index in [0.29, 0.717) is 0 Å². The standard InChI is InChI=1S/C18H17NO/c1-12(20)19-10-9-13-6-4-8-16-15-7-3-2-5-14(15)11-17(19)18(13)16/h2-8,17H,9-11H2,1H3. The summed E-state index contributed by atoms with van der Waals surface area (Å²) in [5, 5.41) is 0. The van der Waals surface area contributed by atoms with Crippen LogP contribution in [0.3, 0.4) is 0 Å². The molecular formula is C18H17NO. The lowest BCUT2D eigenvalue weighted by molar-refractivity contribution is -0.131. The second-order valence-electron chi connectivity index (χ2n) is 5.72. The first-order chi connectivity index (χ1) is 9.75. The van der Waals surface area contributed by atoms with Crippen LogP contribution in [-0.2, 0) is 17.6 Å². The first kappa shape index (κ1) is 11.7. The summed E-state index contributed by atoms with van der Waals surface area (Å²) in [6.07, 6.45) is 1.92. The fourth-order valence-electron chi connectivity index (χ4n) is 3.77. The van der Waals surface area contributed by atoms with Gasteiger partial charge in [0, 0.05) is 13.5 Å². The van der Waals surface area contributed by atoms with Gasteiger partial charge in [0.2, 0.25) is 5.91 Å². The summed E-state index contributed by atoms with van der Waals surface area (Å²) in [4.78, 5) is 14.0. The van der Waals surface area contributed by atoms with Gasteiger partial charge in [0.25, 0.3) is 0 Å². The van der Waals surface area contributed by atoms with Gasteiger partial charge < -0.3 is 4.90 Å². The largest absolute Gasteiger partial charge is 0.335 e. The summed E-state index contributed by atoms with van der Waals surface area (Å²) in [5.74, 6) is 0.190. The van der Waals surface area contributed by atoms with E-state index in [1.54, 1.807) is 6.92 Å². The van der Waals surface area contributed by atoms with E-state index < -0.39 is 0 Å². The summed E-state index contributed by atoms with van der Waals surface area (Å²) in [6.45, 7) is 2.53. The highest BCUT2D eigenvalue weighted by atomic mass is 16.2. The second kappa shape index (κ2) is 4.20. The van der Waals surface area contributed by atoms with Gasteiger partial charge in [-0.05, 0) is 40.7 Å². The van der Waals surface area contributed by atoms with Crippen LogP contribution in [0.15, 0.2) is 42.5 Å². The first-order valence-electron chi connectivity index (χ1n) is 7.23. The van der Waals surface area contributed by atoms with Crippen LogP contribution < -0.4 is 0 Å². The van der Waals surface area contributed by atoms with Crippen molar-refractivity contribution in [2.75, 3.05) is 6.54 Å². The van der Waals surface area contributed by atoms with E-state index in [4.69, 9.17) is 0 Å². The Morgan fingerprint density at radius 3 is 2.65 bits per heavy atom. The maximum absolute atomic E-state index is 12.0. The van der Waals surface area contributed by atoms with E-state index in [-0.39, 0.29) is 11.9 Å². The van der Waals surface area contributed by atoms with Crippen molar-refractivity contribution in [2.45, 2.75) is 25.8 Å². The Morgan fingerprint density at radius 1 is 1.05 bits per heavy atom. The smallest absolute Gasteiger partial charge is 0.219 e. The number of benzene rings is 2. The lowest BCUT2D eigenvalue weighted by Crippen LogP contribution is -2.41. The highest BCUT2D eigenvalue weighted by Gasteiger charge is 2.34. The molecule has 4 rings (SSSR count). The summed E-state index contributed by atoms with van der Waals surface area (Å²) >= 11 is 0. The molecule has 0 spiro atoms. The zero-order valence-corrected chi connectivity index (χ0v) is 11.6. The lowest BCUT2D eigenvalue weighted by atomic mass is 9.77. The van der Waals surface area contributed by atoms with Crippen LogP contribution in [0.5, 0.6) is 0 Å². The summed E-state index contributed by atoms with van der Waals surface area (Å²) < 4.78 is 0. The number of hydrogen-bond acceptors (Lipinski definition) is 1. The molecule has 1 unspecified atom stereocenters. The van der Waals surface area contributed by atoms with E-state index in [2.05, 4.69) is 42.5 Å². The molecule has 1 aliphatic heterocycles. The fourth-order valence-corrected chi connectivity index (χ4v) is 3.77. The molecule has 0 saturated carbocycles. The van der Waals surface area contributed by atoms with Crippen LogP contribution in [-0.4, -0.2) is 17.4 Å². The molecule has 0 radical (unpaired) electrons. The Morgan fingerprint density at radius 2 is 1.80 bits per heavy atom. The number of fused-ring (bicyclic) bond motifs is 2. The predicted octanol–water partition coefficient (Wildman–Crippen LogP) is 3.36. The SMILES string of the molecule is CC(=O)N1CCc2cccc3c2C1Cc1ccccc1-3. The summed E-state index contributed by atoms with van der Waals surface area (Å²) in [5.41, 5.74) is 6.81. The molecule has 1 atom stereocenters. The molecule has 0 fully saturated rings. The van der Waals surface area contributed by atoms with Crippen molar-refractivity contribution in [3.05, 3.63) is 59.2 Å². The van der Waals surface area contributed by atoms with Gasteiger partial charge in [0.15, 0.2) is 0 Å². The topological polar surface area (TPSA) is 20.3 Å². The fraction of sp³-hybridized carbons (Fsp3) is 0.278.